The SMILES string of the molecule is C.C.C.C.C.C.C.C.C.CCCCOCCOCCC.CCCOCCOC.CCCOCCOC(C)(C)C.CCCOCCOC(C)C.CCCOCCOC(C)CC.CCCOCCOCC.CCCOCCOCC(C)C.CCCOCCOCCC. The van der Waals surface area contributed by atoms with Crippen LogP contribution in [0.3, 0.4) is 0 Å². The highest BCUT2D eigenvalue weighted by Crippen LogP contribution is 2.05. The molecule has 0 N–H and O–H groups in total. The van der Waals surface area contributed by atoms with E-state index in [1.807, 2.05) is 41.5 Å². The molecule has 0 saturated heterocycles. The Bertz CT molecular complexity index is 893. The van der Waals surface area contributed by atoms with E-state index in [4.69, 9.17) is 75.8 Å². The largest absolute Gasteiger partial charge is 0.382 e. The number of hydrogen-bond acceptors (Lipinski definition) is 16. The van der Waals surface area contributed by atoms with Crippen molar-refractivity contribution in [3.05, 3.63) is 0 Å². The van der Waals surface area contributed by atoms with Crippen LogP contribution in [-0.4, -0.2) is 210 Å². The Morgan fingerprint density at radius 2 is 0.522 bits per heavy atom. The standard InChI is InChI=1S/4C9H20O2.2C8H18O2.C7H16O2.C6H14O2.9CH4/c1-5-6-10-7-8-11-9(2,3)4;1-4-5-10-6-7-11-8-9(2)3;1-4-6-10-7-8-11-9(3)5-2;1-3-5-7-11-9-8-10-6-4-2;1-4-5-9-6-7-10-8(2)3;1-3-5-9-7-8-10-6-4-2;1-3-5-9-7-6-8-4-2;1-3-4-8-6-5-7-2;;;;;;;;;/h5-8H2,1-4H3;2*9H,4-8H2,1-3H3;3-9H2,1-2H3;8H,4-7H2,1-3H3;3-8H2,1-2H3;3-7H2,1-2H3;3-6H2,1-2H3;9*1H4. The lowest BCUT2D eigenvalue weighted by atomic mass is 10.2. The van der Waals surface area contributed by atoms with Crippen molar-refractivity contribution in [3.63, 3.8) is 0 Å². The van der Waals surface area contributed by atoms with Gasteiger partial charge in [-0.05, 0) is 125 Å². The third-order valence-electron chi connectivity index (χ3n) is 9.00. The van der Waals surface area contributed by atoms with Crippen molar-refractivity contribution < 1.29 is 75.8 Å². The van der Waals surface area contributed by atoms with Crippen LogP contribution in [-0.2, 0) is 75.8 Å². The Balaban J connectivity index is -0.0000000446. The third kappa shape index (κ3) is 198. The number of methoxy groups -OCH3 is 1. The summed E-state index contributed by atoms with van der Waals surface area (Å²) in [6.07, 6.45) is 13.9. The average Bonchev–Trinajstić information content (AvgIpc) is 3.48. The molecule has 0 amide bonds. The summed E-state index contributed by atoms with van der Waals surface area (Å²) in [7, 11) is 1.68. The highest BCUT2D eigenvalue weighted by Gasteiger charge is 2.08. The van der Waals surface area contributed by atoms with Gasteiger partial charge in [-0.2, -0.15) is 0 Å². The molecule has 0 saturated carbocycles. The van der Waals surface area contributed by atoms with Gasteiger partial charge in [0.25, 0.3) is 0 Å². The van der Waals surface area contributed by atoms with Crippen molar-refractivity contribution in [3.8, 4) is 0 Å². The summed E-state index contributed by atoms with van der Waals surface area (Å²) in [6.45, 7) is 63.6. The topological polar surface area (TPSA) is 148 Å². The smallest absolute Gasteiger partial charge is 0.0707 e. The summed E-state index contributed by atoms with van der Waals surface area (Å²) in [5.41, 5.74) is -0.0322. The quantitative estimate of drug-likeness (QED) is 0.0531. The van der Waals surface area contributed by atoms with Crippen molar-refractivity contribution in [2.75, 3.05) is 192 Å². The van der Waals surface area contributed by atoms with Crippen LogP contribution >= 0.6 is 0 Å². The minimum absolute atomic E-state index is 0. The molecule has 0 aromatic heterocycles. The van der Waals surface area contributed by atoms with Crippen LogP contribution in [0.1, 0.15) is 282 Å². The van der Waals surface area contributed by atoms with E-state index in [1.165, 1.54) is 6.42 Å². The number of hydrogen-bond donors (Lipinski definition) is 0. The van der Waals surface area contributed by atoms with Crippen molar-refractivity contribution in [1.82, 2.24) is 0 Å². The number of ether oxygens (including phenoxy) is 16. The fourth-order valence-corrected chi connectivity index (χ4v) is 4.82. The fraction of sp³-hybridized carbons (Fsp3) is 1.00. The summed E-state index contributed by atoms with van der Waals surface area (Å²) >= 11 is 0. The minimum atomic E-state index is -0.0322. The molecule has 0 aliphatic heterocycles. The van der Waals surface area contributed by atoms with E-state index in [2.05, 4.69) is 96.9 Å². The molecule has 0 aromatic rings. The monoisotopic (exact) mass is 1330 g/mol. The summed E-state index contributed by atoms with van der Waals surface area (Å²) in [6, 6.07) is 0. The normalized spacial score (nSPS) is 9.90. The first-order valence-corrected chi connectivity index (χ1v) is 32.4. The molecular weight excluding hydrogens is 1140 g/mol. The molecule has 0 aliphatic carbocycles. The van der Waals surface area contributed by atoms with E-state index in [-0.39, 0.29) is 72.4 Å². The van der Waals surface area contributed by atoms with E-state index in [1.54, 1.807) is 7.11 Å². The van der Waals surface area contributed by atoms with Crippen LogP contribution in [0, 0.1) is 5.92 Å². The Labute approximate surface area is 571 Å². The van der Waals surface area contributed by atoms with E-state index in [9.17, 15) is 0 Å². The predicted molar refractivity (Wildman–Crippen MR) is 403 cm³/mol. The fourth-order valence-electron chi connectivity index (χ4n) is 4.82. The van der Waals surface area contributed by atoms with E-state index < -0.39 is 0 Å². The molecular formula is C74H182O16. The van der Waals surface area contributed by atoms with Crippen LogP contribution in [0.4, 0.5) is 0 Å². The molecule has 0 spiro atoms. The van der Waals surface area contributed by atoms with E-state index >= 15 is 0 Å². The molecule has 0 fully saturated rings. The van der Waals surface area contributed by atoms with Crippen LogP contribution in [0.15, 0.2) is 0 Å². The first kappa shape index (κ1) is 133. The van der Waals surface area contributed by atoms with Crippen LogP contribution < -0.4 is 0 Å². The van der Waals surface area contributed by atoms with Gasteiger partial charge < -0.3 is 75.8 Å². The zero-order valence-corrected chi connectivity index (χ0v) is 58.0. The zero-order chi connectivity index (χ0) is 62.8. The third-order valence-corrected chi connectivity index (χ3v) is 9.00. The van der Waals surface area contributed by atoms with Gasteiger partial charge in [0.1, 0.15) is 0 Å². The minimum Gasteiger partial charge on any atom is -0.382 e. The first-order valence-electron chi connectivity index (χ1n) is 32.4. The zero-order valence-electron chi connectivity index (χ0n) is 58.0. The summed E-state index contributed by atoms with van der Waals surface area (Å²) < 4.78 is 83.4. The van der Waals surface area contributed by atoms with Gasteiger partial charge in [0.15, 0.2) is 0 Å². The van der Waals surface area contributed by atoms with Gasteiger partial charge in [0.05, 0.1) is 124 Å². The molecule has 574 valence electrons. The number of unbranched alkanes of at least 4 members (excludes halogenated alkanes) is 1. The molecule has 1 unspecified atom stereocenters. The van der Waals surface area contributed by atoms with Crippen LogP contribution in [0.5, 0.6) is 0 Å². The lowest BCUT2D eigenvalue weighted by Gasteiger charge is -2.19. The second-order valence-corrected chi connectivity index (χ2v) is 20.1. The molecule has 0 rings (SSSR count). The van der Waals surface area contributed by atoms with Crippen LogP contribution in [0.25, 0.3) is 0 Å². The van der Waals surface area contributed by atoms with E-state index in [0.29, 0.717) is 37.9 Å². The van der Waals surface area contributed by atoms with Crippen molar-refractivity contribution in [1.29, 1.82) is 0 Å². The number of rotatable bonds is 51. The van der Waals surface area contributed by atoms with Crippen molar-refractivity contribution in [2.24, 2.45) is 5.92 Å². The Morgan fingerprint density at radius 3 is 0.767 bits per heavy atom. The maximum atomic E-state index is 5.45. The average molecular weight is 1330 g/mol. The second kappa shape index (κ2) is 136. The van der Waals surface area contributed by atoms with Gasteiger partial charge in [-0.15, -0.1) is 0 Å². The predicted octanol–water partition coefficient (Wildman–Crippen LogP) is 20.7. The van der Waals surface area contributed by atoms with Gasteiger partial charge in [-0.3, -0.25) is 0 Å². The Kier molecular flexibility index (Phi) is 202. The summed E-state index contributed by atoms with van der Waals surface area (Å²) in [5, 5.41) is 0. The van der Waals surface area contributed by atoms with Crippen LogP contribution in [0.2, 0.25) is 0 Å². The molecule has 0 bridgehead atoms. The first-order chi connectivity index (χ1) is 39.1. The lowest BCUT2D eigenvalue weighted by molar-refractivity contribution is -0.0346. The maximum absolute atomic E-state index is 5.45. The Morgan fingerprint density at radius 1 is 0.267 bits per heavy atom. The molecule has 0 aliphatic rings. The lowest BCUT2D eigenvalue weighted by Crippen LogP contribution is -2.21. The molecule has 90 heavy (non-hydrogen) atoms. The Hall–Kier alpha value is -0.640. The van der Waals surface area contributed by atoms with Gasteiger partial charge in [0.2, 0.25) is 0 Å². The molecule has 0 aromatic carbocycles. The summed E-state index contributed by atoms with van der Waals surface area (Å²) in [4.78, 5) is 0. The van der Waals surface area contributed by atoms with Crippen molar-refractivity contribution in [2.45, 2.75) is 300 Å². The van der Waals surface area contributed by atoms with Gasteiger partial charge in [-0.25, -0.2) is 0 Å². The molecule has 0 heterocycles. The molecule has 16 nitrogen and oxygen atoms in total. The van der Waals surface area contributed by atoms with Crippen molar-refractivity contribution >= 4 is 0 Å². The van der Waals surface area contributed by atoms with Gasteiger partial charge in [0, 0.05) is 86.4 Å². The van der Waals surface area contributed by atoms with Gasteiger partial charge >= 0.3 is 0 Å². The second-order valence-electron chi connectivity index (χ2n) is 20.1. The highest BCUT2D eigenvalue weighted by atomic mass is 16.6. The maximum Gasteiger partial charge on any atom is 0.0707 e. The molecule has 1 atom stereocenters. The highest BCUT2D eigenvalue weighted by molar-refractivity contribution is 4.58. The van der Waals surface area contributed by atoms with Gasteiger partial charge in [-0.1, -0.05) is 163 Å². The molecule has 0 radical (unpaired) electrons. The summed E-state index contributed by atoms with van der Waals surface area (Å²) in [5.74, 6) is 0.626. The van der Waals surface area contributed by atoms with E-state index in [0.717, 1.165) is 236 Å². The molecule has 16 heteroatoms.